The normalized spacial score (nSPS) is 24.3. The highest BCUT2D eigenvalue weighted by molar-refractivity contribution is 7.98. The molecule has 1 aliphatic carbocycles. The number of hydrogen-bond acceptors (Lipinski definition) is 5. The average molecular weight is 269 g/mol. The molecule has 1 fully saturated rings. The molecule has 18 heavy (non-hydrogen) atoms. The fourth-order valence-electron chi connectivity index (χ4n) is 2.52. The minimum absolute atomic E-state index is 0.479. The fraction of sp³-hybridized carbons (Fsp3) is 0.846. The topological polar surface area (TPSA) is 51.0 Å². The maximum Gasteiger partial charge on any atom is 0.229 e. The van der Waals surface area contributed by atoms with Gasteiger partial charge in [0.25, 0.3) is 0 Å². The van der Waals surface area contributed by atoms with E-state index in [0.29, 0.717) is 12.0 Å². The minimum atomic E-state index is 0.479. The van der Waals surface area contributed by atoms with Gasteiger partial charge in [0.15, 0.2) is 5.82 Å². The van der Waals surface area contributed by atoms with E-state index in [1.807, 2.05) is 11.8 Å². The van der Waals surface area contributed by atoms with Gasteiger partial charge >= 0.3 is 0 Å². The lowest BCUT2D eigenvalue weighted by Gasteiger charge is -2.26. The van der Waals surface area contributed by atoms with Gasteiger partial charge in [-0.1, -0.05) is 19.0 Å². The molecule has 1 aliphatic rings. The molecule has 1 aromatic heterocycles. The van der Waals surface area contributed by atoms with Gasteiger partial charge in [0.2, 0.25) is 5.89 Å². The molecule has 0 radical (unpaired) electrons. The molecule has 5 heteroatoms. The third kappa shape index (κ3) is 3.72. The number of nitrogens with one attached hydrogen (secondary N) is 1. The molecule has 1 N–H and O–H groups in total. The van der Waals surface area contributed by atoms with Crippen LogP contribution in [0.3, 0.4) is 0 Å². The Labute approximate surface area is 113 Å². The van der Waals surface area contributed by atoms with Crippen molar-refractivity contribution in [1.82, 2.24) is 15.5 Å². The van der Waals surface area contributed by atoms with E-state index in [-0.39, 0.29) is 0 Å². The molecule has 2 rings (SSSR count). The SMILES string of the molecule is CCNC1CCC(c2nc(CSCC)no2)CC1. The van der Waals surface area contributed by atoms with Gasteiger partial charge in [-0.3, -0.25) is 0 Å². The highest BCUT2D eigenvalue weighted by Crippen LogP contribution is 2.32. The van der Waals surface area contributed by atoms with Gasteiger partial charge in [-0.25, -0.2) is 0 Å². The van der Waals surface area contributed by atoms with Crippen LogP contribution in [0.4, 0.5) is 0 Å². The van der Waals surface area contributed by atoms with Crippen LogP contribution in [0.25, 0.3) is 0 Å². The predicted octanol–water partition coefficient (Wildman–Crippen LogP) is 2.96. The van der Waals surface area contributed by atoms with Crippen molar-refractivity contribution >= 4 is 11.8 Å². The molecular weight excluding hydrogens is 246 g/mol. The van der Waals surface area contributed by atoms with Crippen LogP contribution in [0, 0.1) is 0 Å². The zero-order valence-electron chi connectivity index (χ0n) is 11.3. The summed E-state index contributed by atoms with van der Waals surface area (Å²) in [4.78, 5) is 4.52. The van der Waals surface area contributed by atoms with Crippen LogP contribution in [0.5, 0.6) is 0 Å². The quantitative estimate of drug-likeness (QED) is 0.860. The summed E-state index contributed by atoms with van der Waals surface area (Å²) in [5.74, 6) is 4.15. The summed E-state index contributed by atoms with van der Waals surface area (Å²) in [5, 5.41) is 7.58. The number of nitrogens with zero attached hydrogens (tertiary/aromatic N) is 2. The Balaban J connectivity index is 1.83. The van der Waals surface area contributed by atoms with E-state index >= 15 is 0 Å². The molecule has 1 aromatic rings. The summed E-state index contributed by atoms with van der Waals surface area (Å²) in [6, 6.07) is 0.685. The molecule has 102 valence electrons. The second kappa shape index (κ2) is 7.14. The number of aromatic nitrogens is 2. The Morgan fingerprint density at radius 2 is 2.06 bits per heavy atom. The lowest BCUT2D eigenvalue weighted by molar-refractivity contribution is 0.284. The molecule has 0 bridgehead atoms. The molecule has 0 saturated heterocycles. The van der Waals surface area contributed by atoms with Crippen molar-refractivity contribution in [2.45, 2.75) is 57.2 Å². The van der Waals surface area contributed by atoms with E-state index in [4.69, 9.17) is 4.52 Å². The summed E-state index contributed by atoms with van der Waals surface area (Å²) in [6.07, 6.45) is 4.78. The van der Waals surface area contributed by atoms with Gasteiger partial charge in [-0.15, -0.1) is 0 Å². The smallest absolute Gasteiger partial charge is 0.229 e. The monoisotopic (exact) mass is 269 g/mol. The van der Waals surface area contributed by atoms with Gasteiger partial charge in [0.1, 0.15) is 0 Å². The van der Waals surface area contributed by atoms with Gasteiger partial charge in [-0.05, 0) is 38.0 Å². The lowest BCUT2D eigenvalue weighted by atomic mass is 9.86. The van der Waals surface area contributed by atoms with E-state index in [9.17, 15) is 0 Å². The van der Waals surface area contributed by atoms with E-state index in [1.54, 1.807) is 0 Å². The van der Waals surface area contributed by atoms with Crippen molar-refractivity contribution in [2.24, 2.45) is 0 Å². The van der Waals surface area contributed by atoms with Crippen molar-refractivity contribution < 1.29 is 4.52 Å². The first-order chi connectivity index (χ1) is 8.83. The van der Waals surface area contributed by atoms with Crippen LogP contribution in [0.2, 0.25) is 0 Å². The van der Waals surface area contributed by atoms with Gasteiger partial charge in [0.05, 0.1) is 5.75 Å². The van der Waals surface area contributed by atoms with Crippen LogP contribution in [-0.4, -0.2) is 28.5 Å². The van der Waals surface area contributed by atoms with Crippen LogP contribution in [-0.2, 0) is 5.75 Å². The molecule has 0 spiro atoms. The Bertz CT molecular complexity index is 348. The van der Waals surface area contributed by atoms with Crippen molar-refractivity contribution in [3.63, 3.8) is 0 Å². The molecule has 0 amide bonds. The van der Waals surface area contributed by atoms with Crippen molar-refractivity contribution in [2.75, 3.05) is 12.3 Å². The first-order valence-corrected chi connectivity index (χ1v) is 8.12. The molecule has 1 saturated carbocycles. The summed E-state index contributed by atoms with van der Waals surface area (Å²) >= 11 is 1.83. The molecule has 0 aromatic carbocycles. The Morgan fingerprint density at radius 1 is 1.28 bits per heavy atom. The number of thioether (sulfide) groups is 1. The first-order valence-electron chi connectivity index (χ1n) is 6.97. The van der Waals surface area contributed by atoms with Crippen molar-refractivity contribution in [3.8, 4) is 0 Å². The summed E-state index contributed by atoms with van der Waals surface area (Å²) in [7, 11) is 0. The van der Waals surface area contributed by atoms with Crippen LogP contribution in [0.15, 0.2) is 4.52 Å². The largest absolute Gasteiger partial charge is 0.339 e. The third-order valence-corrected chi connectivity index (χ3v) is 4.36. The van der Waals surface area contributed by atoms with E-state index in [0.717, 1.165) is 29.8 Å². The zero-order valence-corrected chi connectivity index (χ0v) is 12.1. The molecular formula is C13H23N3OS. The molecule has 1 heterocycles. The predicted molar refractivity (Wildman–Crippen MR) is 74.8 cm³/mol. The highest BCUT2D eigenvalue weighted by atomic mass is 32.2. The third-order valence-electron chi connectivity index (χ3n) is 3.49. The van der Waals surface area contributed by atoms with E-state index in [1.165, 1.54) is 25.7 Å². The minimum Gasteiger partial charge on any atom is -0.339 e. The maximum absolute atomic E-state index is 5.40. The van der Waals surface area contributed by atoms with Crippen molar-refractivity contribution in [3.05, 3.63) is 11.7 Å². The van der Waals surface area contributed by atoms with Gasteiger partial charge in [-0.2, -0.15) is 16.7 Å². The maximum atomic E-state index is 5.40. The number of rotatable bonds is 6. The highest BCUT2D eigenvalue weighted by Gasteiger charge is 2.25. The van der Waals surface area contributed by atoms with Gasteiger partial charge < -0.3 is 9.84 Å². The second-order valence-electron chi connectivity index (χ2n) is 4.79. The Kier molecular flexibility index (Phi) is 5.50. The van der Waals surface area contributed by atoms with Gasteiger partial charge in [0, 0.05) is 12.0 Å². The Hall–Kier alpha value is -0.550. The summed E-state index contributed by atoms with van der Waals surface area (Å²) in [6.45, 7) is 5.38. The van der Waals surface area contributed by atoms with Crippen LogP contribution < -0.4 is 5.32 Å². The van der Waals surface area contributed by atoms with Crippen molar-refractivity contribution in [1.29, 1.82) is 0 Å². The van der Waals surface area contributed by atoms with Crippen LogP contribution in [0.1, 0.15) is 57.2 Å². The zero-order chi connectivity index (χ0) is 12.8. The second-order valence-corrected chi connectivity index (χ2v) is 6.07. The first kappa shape index (κ1) is 13.9. The summed E-state index contributed by atoms with van der Waals surface area (Å²) < 4.78 is 5.40. The molecule has 4 nitrogen and oxygen atoms in total. The molecule has 0 aliphatic heterocycles. The van der Waals surface area contributed by atoms with Crippen LogP contribution >= 0.6 is 11.8 Å². The van der Waals surface area contributed by atoms with E-state index in [2.05, 4.69) is 29.3 Å². The average Bonchev–Trinajstić information content (AvgIpc) is 2.86. The fourth-order valence-corrected chi connectivity index (χ4v) is 3.02. The molecule has 0 unspecified atom stereocenters. The summed E-state index contributed by atoms with van der Waals surface area (Å²) in [5.41, 5.74) is 0. The lowest BCUT2D eigenvalue weighted by Crippen LogP contribution is -2.32. The van der Waals surface area contributed by atoms with E-state index < -0.39 is 0 Å². The standard InChI is InChI=1S/C13H23N3OS/c1-3-14-11-7-5-10(6-8-11)13-15-12(16-17-13)9-18-4-2/h10-11,14H,3-9H2,1-2H3. The molecule has 0 atom stereocenters. The Morgan fingerprint density at radius 3 is 2.72 bits per heavy atom. The number of hydrogen-bond donors (Lipinski definition) is 1.